The summed E-state index contributed by atoms with van der Waals surface area (Å²) in [4.78, 5) is 23.7. The van der Waals surface area contributed by atoms with Gasteiger partial charge in [-0.2, -0.15) is 0 Å². The van der Waals surface area contributed by atoms with Gasteiger partial charge in [-0.1, -0.05) is 15.9 Å². The first kappa shape index (κ1) is 14.5. The van der Waals surface area contributed by atoms with Gasteiger partial charge in [-0.25, -0.2) is 4.39 Å². The number of amides is 1. The summed E-state index contributed by atoms with van der Waals surface area (Å²) in [5.41, 5.74) is 0.180. The maximum atomic E-state index is 13.1. The van der Waals surface area contributed by atoms with Crippen LogP contribution in [0, 0.1) is 5.82 Å². The van der Waals surface area contributed by atoms with Gasteiger partial charge in [0.1, 0.15) is 11.9 Å². The van der Waals surface area contributed by atoms with Crippen molar-refractivity contribution in [2.45, 2.75) is 13.0 Å². The second-order valence-corrected chi connectivity index (χ2v) is 5.18. The van der Waals surface area contributed by atoms with Crippen molar-refractivity contribution in [2.75, 3.05) is 5.32 Å². The molecular weight excluding hydrogens is 327 g/mol. The first-order chi connectivity index (χ1) is 9.47. The average molecular weight is 339 g/mol. The molecule has 1 N–H and O–H groups in total. The molecule has 0 saturated heterocycles. The Balaban J connectivity index is 2.18. The van der Waals surface area contributed by atoms with Crippen molar-refractivity contribution in [2.24, 2.45) is 0 Å². The van der Waals surface area contributed by atoms with Crippen LogP contribution in [0.25, 0.3) is 0 Å². The van der Waals surface area contributed by atoms with Crippen molar-refractivity contribution in [3.8, 4) is 0 Å². The van der Waals surface area contributed by atoms with Gasteiger partial charge in [0.2, 0.25) is 5.91 Å². The van der Waals surface area contributed by atoms with Gasteiger partial charge in [0, 0.05) is 22.4 Å². The molecule has 0 bridgehead atoms. The molecule has 4 nitrogen and oxygen atoms in total. The Kier molecular flexibility index (Phi) is 4.34. The fourth-order valence-corrected chi connectivity index (χ4v) is 1.95. The standard InChI is InChI=1S/C14H12BrFN2O2/c1-9(18-8-11(16)4-7-13(18)19)14(20)17-12-5-2-10(15)3-6-12/h2-9H,1H3,(H,17,20). The number of carbonyl (C=O) groups is 1. The summed E-state index contributed by atoms with van der Waals surface area (Å²) < 4.78 is 15.1. The van der Waals surface area contributed by atoms with Crippen LogP contribution in [-0.2, 0) is 4.79 Å². The molecule has 2 rings (SSSR count). The highest BCUT2D eigenvalue weighted by Crippen LogP contribution is 2.15. The highest BCUT2D eigenvalue weighted by atomic mass is 79.9. The number of pyridine rings is 1. The largest absolute Gasteiger partial charge is 0.324 e. The summed E-state index contributed by atoms with van der Waals surface area (Å²) in [6.07, 6.45) is 1.02. The van der Waals surface area contributed by atoms with Gasteiger partial charge in [0.05, 0.1) is 0 Å². The van der Waals surface area contributed by atoms with Crippen LogP contribution in [0.1, 0.15) is 13.0 Å². The monoisotopic (exact) mass is 338 g/mol. The van der Waals surface area contributed by atoms with E-state index < -0.39 is 17.4 Å². The van der Waals surface area contributed by atoms with Crippen LogP contribution in [0.4, 0.5) is 10.1 Å². The number of anilines is 1. The predicted octanol–water partition coefficient (Wildman–Crippen LogP) is 2.95. The van der Waals surface area contributed by atoms with Gasteiger partial charge in [-0.05, 0) is 37.3 Å². The lowest BCUT2D eigenvalue weighted by Gasteiger charge is -2.15. The number of carbonyl (C=O) groups excluding carboxylic acids is 1. The quantitative estimate of drug-likeness (QED) is 0.935. The van der Waals surface area contributed by atoms with Crippen LogP contribution >= 0.6 is 15.9 Å². The van der Waals surface area contributed by atoms with E-state index in [2.05, 4.69) is 21.2 Å². The molecule has 1 aromatic heterocycles. The molecule has 0 fully saturated rings. The molecule has 1 atom stereocenters. The molecule has 104 valence electrons. The highest BCUT2D eigenvalue weighted by Gasteiger charge is 2.16. The van der Waals surface area contributed by atoms with E-state index in [0.29, 0.717) is 5.69 Å². The zero-order valence-corrected chi connectivity index (χ0v) is 12.2. The maximum absolute atomic E-state index is 13.1. The number of nitrogens with one attached hydrogen (secondary N) is 1. The van der Waals surface area contributed by atoms with Crippen LogP contribution in [0.5, 0.6) is 0 Å². The van der Waals surface area contributed by atoms with Gasteiger partial charge in [0.25, 0.3) is 5.56 Å². The number of hydrogen-bond donors (Lipinski definition) is 1. The fourth-order valence-electron chi connectivity index (χ4n) is 1.69. The number of rotatable bonds is 3. The van der Waals surface area contributed by atoms with Crippen molar-refractivity contribution in [1.29, 1.82) is 0 Å². The van der Waals surface area contributed by atoms with Crippen molar-refractivity contribution >= 4 is 27.5 Å². The number of aromatic nitrogens is 1. The number of benzene rings is 1. The average Bonchev–Trinajstić information content (AvgIpc) is 2.43. The first-order valence-corrected chi connectivity index (χ1v) is 6.71. The lowest BCUT2D eigenvalue weighted by atomic mass is 10.2. The molecule has 0 radical (unpaired) electrons. The number of hydrogen-bond acceptors (Lipinski definition) is 2. The van der Waals surface area contributed by atoms with E-state index in [9.17, 15) is 14.0 Å². The van der Waals surface area contributed by atoms with Crippen LogP contribution in [0.3, 0.4) is 0 Å². The SMILES string of the molecule is CC(C(=O)Nc1ccc(Br)cc1)n1cc(F)ccc1=O. The smallest absolute Gasteiger partial charge is 0.251 e. The minimum atomic E-state index is -0.804. The number of halogens is 2. The minimum Gasteiger partial charge on any atom is -0.324 e. The zero-order chi connectivity index (χ0) is 14.7. The molecule has 0 aliphatic rings. The molecule has 0 saturated carbocycles. The van der Waals surface area contributed by atoms with E-state index in [-0.39, 0.29) is 5.91 Å². The Labute approximate surface area is 123 Å². The Morgan fingerprint density at radius 2 is 1.90 bits per heavy atom. The van der Waals surface area contributed by atoms with Gasteiger partial charge < -0.3 is 9.88 Å². The molecule has 1 amide bonds. The summed E-state index contributed by atoms with van der Waals surface area (Å²) in [7, 11) is 0. The van der Waals surface area contributed by atoms with Crippen molar-refractivity contribution in [3.05, 3.63) is 63.2 Å². The normalized spacial score (nSPS) is 11.9. The van der Waals surface area contributed by atoms with E-state index in [1.807, 2.05) is 0 Å². The molecule has 0 spiro atoms. The predicted molar refractivity (Wildman–Crippen MR) is 78.1 cm³/mol. The molecular formula is C14H12BrFN2O2. The zero-order valence-electron chi connectivity index (χ0n) is 10.6. The Bertz CT molecular complexity index is 682. The summed E-state index contributed by atoms with van der Waals surface area (Å²) in [6.45, 7) is 1.54. The molecule has 1 aromatic carbocycles. The second-order valence-electron chi connectivity index (χ2n) is 4.26. The van der Waals surface area contributed by atoms with Crippen LogP contribution in [-0.4, -0.2) is 10.5 Å². The van der Waals surface area contributed by atoms with Crippen LogP contribution in [0.15, 0.2) is 51.9 Å². The highest BCUT2D eigenvalue weighted by molar-refractivity contribution is 9.10. The summed E-state index contributed by atoms with van der Waals surface area (Å²) in [5, 5.41) is 2.67. The molecule has 2 aromatic rings. The van der Waals surface area contributed by atoms with Gasteiger partial charge in [-0.3, -0.25) is 9.59 Å². The summed E-state index contributed by atoms with van der Waals surface area (Å²) in [6, 6.07) is 8.38. The van der Waals surface area contributed by atoms with Crippen molar-refractivity contribution in [1.82, 2.24) is 4.57 Å². The van der Waals surface area contributed by atoms with Crippen LogP contribution < -0.4 is 10.9 Å². The molecule has 20 heavy (non-hydrogen) atoms. The van der Waals surface area contributed by atoms with Crippen molar-refractivity contribution in [3.63, 3.8) is 0 Å². The fraction of sp³-hybridized carbons (Fsp3) is 0.143. The van der Waals surface area contributed by atoms with E-state index in [1.54, 1.807) is 24.3 Å². The van der Waals surface area contributed by atoms with Gasteiger partial charge in [-0.15, -0.1) is 0 Å². The number of nitrogens with zero attached hydrogens (tertiary/aromatic N) is 1. The Morgan fingerprint density at radius 1 is 1.25 bits per heavy atom. The third kappa shape index (κ3) is 3.33. The molecule has 1 unspecified atom stereocenters. The Morgan fingerprint density at radius 3 is 2.55 bits per heavy atom. The van der Waals surface area contributed by atoms with E-state index in [4.69, 9.17) is 0 Å². The van der Waals surface area contributed by atoms with E-state index >= 15 is 0 Å². The van der Waals surface area contributed by atoms with E-state index in [1.165, 1.54) is 6.92 Å². The minimum absolute atomic E-state index is 0.389. The van der Waals surface area contributed by atoms with Gasteiger partial charge in [0.15, 0.2) is 0 Å². The van der Waals surface area contributed by atoms with E-state index in [0.717, 1.165) is 27.4 Å². The maximum Gasteiger partial charge on any atom is 0.251 e. The Hall–Kier alpha value is -1.95. The summed E-state index contributed by atoms with van der Waals surface area (Å²) in [5.74, 6) is -0.951. The third-order valence-electron chi connectivity index (χ3n) is 2.81. The molecule has 1 heterocycles. The van der Waals surface area contributed by atoms with Crippen molar-refractivity contribution < 1.29 is 9.18 Å². The second kappa shape index (κ2) is 6.00. The summed E-state index contributed by atoms with van der Waals surface area (Å²) >= 11 is 3.29. The topological polar surface area (TPSA) is 51.1 Å². The van der Waals surface area contributed by atoms with Crippen LogP contribution in [0.2, 0.25) is 0 Å². The first-order valence-electron chi connectivity index (χ1n) is 5.91. The lowest BCUT2D eigenvalue weighted by molar-refractivity contribution is -0.118. The third-order valence-corrected chi connectivity index (χ3v) is 3.34. The molecule has 6 heteroatoms. The molecule has 0 aliphatic carbocycles. The molecule has 0 aliphatic heterocycles. The van der Waals surface area contributed by atoms with Gasteiger partial charge >= 0.3 is 0 Å². The lowest BCUT2D eigenvalue weighted by Crippen LogP contribution is -2.31.